The van der Waals surface area contributed by atoms with Gasteiger partial charge in [-0.3, -0.25) is 0 Å². The zero-order chi connectivity index (χ0) is 16.5. The molecular formula is C14H17F4NO2S. The summed E-state index contributed by atoms with van der Waals surface area (Å²) in [7, 11) is -4.18. The number of alkyl halides is 3. The summed E-state index contributed by atoms with van der Waals surface area (Å²) in [5, 5.41) is 0. The van der Waals surface area contributed by atoms with Crippen LogP contribution in [0.15, 0.2) is 23.1 Å². The van der Waals surface area contributed by atoms with Gasteiger partial charge < -0.3 is 0 Å². The number of halogens is 4. The largest absolute Gasteiger partial charge is 0.393 e. The number of sulfonamides is 1. The molecule has 1 N–H and O–H groups in total. The minimum absolute atomic E-state index is 0.0983. The van der Waals surface area contributed by atoms with Gasteiger partial charge in [0.25, 0.3) is 0 Å². The van der Waals surface area contributed by atoms with Crippen LogP contribution < -0.4 is 4.72 Å². The van der Waals surface area contributed by atoms with Crippen LogP contribution in [0.4, 0.5) is 17.6 Å². The molecule has 2 rings (SSSR count). The minimum atomic E-state index is -4.45. The summed E-state index contributed by atoms with van der Waals surface area (Å²) in [6, 6.07) is 2.09. The average molecular weight is 339 g/mol. The lowest BCUT2D eigenvalue weighted by atomic mass is 9.85. The van der Waals surface area contributed by atoms with Crippen LogP contribution in [0.2, 0.25) is 0 Å². The molecule has 124 valence electrons. The quantitative estimate of drug-likeness (QED) is 0.857. The molecule has 0 aliphatic heterocycles. The summed E-state index contributed by atoms with van der Waals surface area (Å²) < 4.78 is 78.9. The van der Waals surface area contributed by atoms with Crippen molar-refractivity contribution in [1.29, 1.82) is 0 Å². The molecule has 0 saturated heterocycles. The van der Waals surface area contributed by atoms with Crippen LogP contribution in [-0.4, -0.2) is 20.6 Å². The van der Waals surface area contributed by atoms with Gasteiger partial charge in [0.15, 0.2) is 0 Å². The number of rotatable bonds is 3. The smallest absolute Gasteiger partial charge is 0.207 e. The van der Waals surface area contributed by atoms with E-state index in [1.165, 1.54) is 19.1 Å². The van der Waals surface area contributed by atoms with Gasteiger partial charge in [-0.15, -0.1) is 0 Å². The number of aryl methyl sites for hydroxylation is 1. The molecule has 1 aromatic rings. The molecule has 0 radical (unpaired) electrons. The Kier molecular flexibility index (Phi) is 4.81. The topological polar surface area (TPSA) is 46.2 Å². The number of hydrogen-bond acceptors (Lipinski definition) is 2. The maximum absolute atomic E-state index is 13.5. The van der Waals surface area contributed by atoms with Crippen LogP contribution in [-0.2, 0) is 10.0 Å². The van der Waals surface area contributed by atoms with Gasteiger partial charge >= 0.3 is 6.18 Å². The summed E-state index contributed by atoms with van der Waals surface area (Å²) in [5.41, 5.74) is 0.268. The Morgan fingerprint density at radius 2 is 1.82 bits per heavy atom. The SMILES string of the molecule is Cc1ccc(S(=O)(=O)N[C@H]2CCCC[C@@H]2C(F)(F)F)cc1F. The van der Waals surface area contributed by atoms with E-state index in [-0.39, 0.29) is 23.3 Å². The van der Waals surface area contributed by atoms with Crippen molar-refractivity contribution in [2.45, 2.75) is 49.7 Å². The molecule has 1 aliphatic carbocycles. The summed E-state index contributed by atoms with van der Waals surface area (Å²) >= 11 is 0. The summed E-state index contributed by atoms with van der Waals surface area (Å²) in [6.45, 7) is 1.47. The van der Waals surface area contributed by atoms with Crippen LogP contribution in [0.1, 0.15) is 31.2 Å². The van der Waals surface area contributed by atoms with Crippen molar-refractivity contribution in [3.63, 3.8) is 0 Å². The van der Waals surface area contributed by atoms with E-state index in [9.17, 15) is 26.0 Å². The first-order chi connectivity index (χ1) is 10.1. The van der Waals surface area contributed by atoms with Gasteiger partial charge in [0.1, 0.15) is 5.82 Å². The highest BCUT2D eigenvalue weighted by atomic mass is 32.2. The first kappa shape index (κ1) is 17.2. The molecule has 2 atom stereocenters. The second kappa shape index (κ2) is 6.16. The zero-order valence-electron chi connectivity index (χ0n) is 12.0. The molecule has 1 fully saturated rings. The molecule has 0 amide bonds. The molecule has 1 aliphatic rings. The molecule has 8 heteroatoms. The summed E-state index contributed by atoms with van der Waals surface area (Å²) in [4.78, 5) is -0.359. The first-order valence-electron chi connectivity index (χ1n) is 6.96. The van der Waals surface area contributed by atoms with Crippen LogP contribution in [0.5, 0.6) is 0 Å². The Morgan fingerprint density at radius 3 is 2.41 bits per heavy atom. The first-order valence-corrected chi connectivity index (χ1v) is 8.45. The standard InChI is InChI=1S/C14H17F4NO2S/c1-9-6-7-10(8-12(9)15)22(20,21)19-13-5-3-2-4-11(13)14(16,17)18/h6-8,11,13,19H,2-5H2,1H3/t11-,13-/m0/s1. The monoisotopic (exact) mass is 339 g/mol. The number of benzene rings is 1. The molecule has 0 bridgehead atoms. The van der Waals surface area contributed by atoms with E-state index in [1.54, 1.807) is 0 Å². The Hall–Kier alpha value is -1.15. The van der Waals surface area contributed by atoms with Gasteiger partial charge in [-0.05, 0) is 37.5 Å². The van der Waals surface area contributed by atoms with Crippen molar-refractivity contribution in [3.05, 3.63) is 29.6 Å². The molecule has 0 aromatic heterocycles. The van der Waals surface area contributed by atoms with Gasteiger partial charge in [0, 0.05) is 6.04 Å². The number of hydrogen-bond donors (Lipinski definition) is 1. The van der Waals surface area contributed by atoms with Crippen molar-refractivity contribution < 1.29 is 26.0 Å². The Balaban J connectivity index is 2.24. The molecule has 22 heavy (non-hydrogen) atoms. The van der Waals surface area contributed by atoms with Gasteiger partial charge in [-0.25, -0.2) is 17.5 Å². The fourth-order valence-electron chi connectivity index (χ4n) is 2.67. The van der Waals surface area contributed by atoms with Crippen molar-refractivity contribution in [2.24, 2.45) is 5.92 Å². The molecule has 0 spiro atoms. The molecule has 0 unspecified atom stereocenters. The fourth-order valence-corrected chi connectivity index (χ4v) is 3.99. The summed E-state index contributed by atoms with van der Waals surface area (Å²) in [5.74, 6) is -2.41. The van der Waals surface area contributed by atoms with Gasteiger partial charge in [-0.1, -0.05) is 18.9 Å². The van der Waals surface area contributed by atoms with Crippen molar-refractivity contribution in [2.75, 3.05) is 0 Å². The van der Waals surface area contributed by atoms with E-state index in [2.05, 4.69) is 4.72 Å². The van der Waals surface area contributed by atoms with E-state index < -0.39 is 34.0 Å². The summed E-state index contributed by atoms with van der Waals surface area (Å²) in [6.07, 6.45) is -3.48. The van der Waals surface area contributed by atoms with Crippen LogP contribution in [0, 0.1) is 18.7 Å². The third-order valence-electron chi connectivity index (χ3n) is 3.95. The normalized spacial score (nSPS) is 23.5. The van der Waals surface area contributed by atoms with Crippen molar-refractivity contribution >= 4 is 10.0 Å². The molecule has 1 aromatic carbocycles. The Morgan fingerprint density at radius 1 is 1.18 bits per heavy atom. The predicted molar refractivity (Wildman–Crippen MR) is 73.3 cm³/mol. The van der Waals surface area contributed by atoms with E-state index in [4.69, 9.17) is 0 Å². The molecule has 0 heterocycles. The van der Waals surface area contributed by atoms with Crippen LogP contribution in [0.3, 0.4) is 0 Å². The highest BCUT2D eigenvalue weighted by molar-refractivity contribution is 7.89. The van der Waals surface area contributed by atoms with Gasteiger partial charge in [0.05, 0.1) is 10.8 Å². The molecule has 3 nitrogen and oxygen atoms in total. The zero-order valence-corrected chi connectivity index (χ0v) is 12.8. The fraction of sp³-hybridized carbons (Fsp3) is 0.571. The second-order valence-corrected chi connectivity index (χ2v) is 7.29. The van der Waals surface area contributed by atoms with Crippen molar-refractivity contribution in [1.82, 2.24) is 4.72 Å². The van der Waals surface area contributed by atoms with E-state index in [1.807, 2.05) is 0 Å². The number of nitrogens with one attached hydrogen (secondary N) is 1. The lowest BCUT2D eigenvalue weighted by Crippen LogP contribution is -2.47. The average Bonchev–Trinajstić information content (AvgIpc) is 2.40. The Bertz CT molecular complexity index is 643. The predicted octanol–water partition coefficient (Wildman–Crippen LogP) is 3.53. The van der Waals surface area contributed by atoms with E-state index >= 15 is 0 Å². The van der Waals surface area contributed by atoms with Crippen molar-refractivity contribution in [3.8, 4) is 0 Å². The highest BCUT2D eigenvalue weighted by Crippen LogP contribution is 2.38. The maximum atomic E-state index is 13.5. The third-order valence-corrected chi connectivity index (χ3v) is 5.43. The highest BCUT2D eigenvalue weighted by Gasteiger charge is 2.46. The minimum Gasteiger partial charge on any atom is -0.207 e. The van der Waals surface area contributed by atoms with Crippen LogP contribution >= 0.6 is 0 Å². The molecule has 1 saturated carbocycles. The molecular weight excluding hydrogens is 322 g/mol. The Labute approximate surface area is 126 Å². The lowest BCUT2D eigenvalue weighted by Gasteiger charge is -2.33. The van der Waals surface area contributed by atoms with E-state index in [0.29, 0.717) is 12.8 Å². The van der Waals surface area contributed by atoms with E-state index in [0.717, 1.165) is 6.07 Å². The third kappa shape index (κ3) is 3.78. The lowest BCUT2D eigenvalue weighted by molar-refractivity contribution is -0.187. The van der Waals surface area contributed by atoms with Gasteiger partial charge in [-0.2, -0.15) is 13.2 Å². The maximum Gasteiger partial charge on any atom is 0.393 e. The van der Waals surface area contributed by atoms with Gasteiger partial charge in [0.2, 0.25) is 10.0 Å². The van der Waals surface area contributed by atoms with Crippen LogP contribution in [0.25, 0.3) is 0 Å². The second-order valence-electron chi connectivity index (χ2n) is 5.57.